The van der Waals surface area contributed by atoms with E-state index in [1.165, 1.54) is 0 Å². The molecule has 5 nitrogen and oxygen atoms in total. The predicted octanol–water partition coefficient (Wildman–Crippen LogP) is 3.09. The van der Waals surface area contributed by atoms with E-state index >= 15 is 0 Å². The maximum Gasteiger partial charge on any atom is 0.223 e. The first-order chi connectivity index (χ1) is 11.2. The molecule has 2 N–H and O–H groups in total. The molecule has 2 saturated carbocycles. The van der Waals surface area contributed by atoms with E-state index < -0.39 is 0 Å². The van der Waals surface area contributed by atoms with E-state index in [9.17, 15) is 4.79 Å². The highest BCUT2D eigenvalue weighted by molar-refractivity contribution is 5.83. The van der Waals surface area contributed by atoms with Gasteiger partial charge in [0.25, 0.3) is 0 Å². The van der Waals surface area contributed by atoms with Gasteiger partial charge in [-0.3, -0.25) is 9.89 Å². The number of aromatic amines is 1. The van der Waals surface area contributed by atoms with Crippen LogP contribution in [0.25, 0.3) is 10.9 Å². The number of hydrogen-bond donors (Lipinski definition) is 2. The van der Waals surface area contributed by atoms with Gasteiger partial charge in [0.1, 0.15) is 5.75 Å². The average Bonchev–Trinajstić information content (AvgIpc) is 3.30. The summed E-state index contributed by atoms with van der Waals surface area (Å²) in [5.74, 6) is 1.51. The second-order valence-corrected chi connectivity index (χ2v) is 6.89. The van der Waals surface area contributed by atoms with E-state index in [1.807, 2.05) is 18.3 Å². The van der Waals surface area contributed by atoms with Crippen LogP contribution in [0.15, 0.2) is 18.3 Å². The lowest BCUT2D eigenvalue weighted by atomic mass is 9.92. The molecule has 0 atom stereocenters. The highest BCUT2D eigenvalue weighted by atomic mass is 16.5. The molecule has 2 fully saturated rings. The summed E-state index contributed by atoms with van der Waals surface area (Å²) in [6.45, 7) is 2.08. The Hall–Kier alpha value is -2.04. The summed E-state index contributed by atoms with van der Waals surface area (Å²) in [6.07, 6.45) is 8.25. The third-order valence-corrected chi connectivity index (χ3v) is 5.11. The zero-order valence-corrected chi connectivity index (χ0v) is 13.5. The smallest absolute Gasteiger partial charge is 0.223 e. The van der Waals surface area contributed by atoms with Crippen molar-refractivity contribution in [3.05, 3.63) is 23.9 Å². The molecular weight excluding hydrogens is 290 g/mol. The van der Waals surface area contributed by atoms with Crippen molar-refractivity contribution in [1.29, 1.82) is 0 Å². The quantitative estimate of drug-likeness (QED) is 0.911. The van der Waals surface area contributed by atoms with Gasteiger partial charge in [-0.25, -0.2) is 0 Å². The van der Waals surface area contributed by atoms with Gasteiger partial charge in [-0.1, -0.05) is 0 Å². The number of H-pyrrole nitrogens is 1. The van der Waals surface area contributed by atoms with E-state index in [4.69, 9.17) is 4.74 Å². The molecule has 2 aliphatic rings. The largest absolute Gasteiger partial charge is 0.490 e. The fourth-order valence-electron chi connectivity index (χ4n) is 3.44. The Morgan fingerprint density at radius 2 is 2.00 bits per heavy atom. The van der Waals surface area contributed by atoms with E-state index in [0.29, 0.717) is 12.0 Å². The Morgan fingerprint density at radius 3 is 2.74 bits per heavy atom. The number of aryl methyl sites for hydroxylation is 1. The number of nitrogens with one attached hydrogen (secondary N) is 2. The lowest BCUT2D eigenvalue weighted by Crippen LogP contribution is -2.40. The van der Waals surface area contributed by atoms with Gasteiger partial charge in [0.2, 0.25) is 5.91 Å². The molecule has 2 aromatic rings. The number of ether oxygens (including phenoxy) is 1. The van der Waals surface area contributed by atoms with Crippen LogP contribution in [0.2, 0.25) is 0 Å². The zero-order chi connectivity index (χ0) is 15.8. The Labute approximate surface area is 135 Å². The van der Waals surface area contributed by atoms with E-state index in [0.717, 1.165) is 60.7 Å². The molecule has 23 heavy (non-hydrogen) atoms. The molecule has 0 saturated heterocycles. The molecule has 1 heterocycles. The van der Waals surface area contributed by atoms with Crippen LogP contribution >= 0.6 is 0 Å². The van der Waals surface area contributed by atoms with Gasteiger partial charge in [-0.2, -0.15) is 5.10 Å². The van der Waals surface area contributed by atoms with Crippen LogP contribution in [0.1, 0.15) is 44.1 Å². The van der Waals surface area contributed by atoms with Gasteiger partial charge in [0.05, 0.1) is 17.8 Å². The number of benzene rings is 1. The summed E-state index contributed by atoms with van der Waals surface area (Å²) >= 11 is 0. The van der Waals surface area contributed by atoms with Crippen molar-refractivity contribution in [3.8, 4) is 5.75 Å². The summed E-state index contributed by atoms with van der Waals surface area (Å²) in [6, 6.07) is 4.38. The van der Waals surface area contributed by atoms with Gasteiger partial charge in [0.15, 0.2) is 0 Å². The highest BCUT2D eigenvalue weighted by Gasteiger charge is 2.32. The SMILES string of the molecule is Cc1c(O[C@H]2CC[C@H](NC(=O)C3CC3)CC2)ccc2[nH]ncc12. The minimum absolute atomic E-state index is 0.243. The molecule has 0 radical (unpaired) electrons. The minimum atomic E-state index is 0.243. The van der Waals surface area contributed by atoms with Crippen molar-refractivity contribution in [3.63, 3.8) is 0 Å². The predicted molar refractivity (Wildman–Crippen MR) is 88.4 cm³/mol. The number of carbonyl (C=O) groups is 1. The molecule has 2 aliphatic carbocycles. The van der Waals surface area contributed by atoms with Crippen LogP contribution in [-0.4, -0.2) is 28.3 Å². The van der Waals surface area contributed by atoms with Crippen molar-refractivity contribution >= 4 is 16.8 Å². The van der Waals surface area contributed by atoms with Crippen LogP contribution < -0.4 is 10.1 Å². The molecule has 0 unspecified atom stereocenters. The lowest BCUT2D eigenvalue weighted by molar-refractivity contribution is -0.123. The fraction of sp³-hybridized carbons (Fsp3) is 0.556. The fourth-order valence-corrected chi connectivity index (χ4v) is 3.44. The van der Waals surface area contributed by atoms with Crippen LogP contribution in [0.4, 0.5) is 0 Å². The van der Waals surface area contributed by atoms with Gasteiger partial charge >= 0.3 is 0 Å². The van der Waals surface area contributed by atoms with Crippen molar-refractivity contribution in [2.75, 3.05) is 0 Å². The molecule has 1 aromatic heterocycles. The number of aromatic nitrogens is 2. The van der Waals surface area contributed by atoms with Crippen molar-refractivity contribution in [2.45, 2.75) is 57.6 Å². The summed E-state index contributed by atoms with van der Waals surface area (Å²) in [5, 5.41) is 11.4. The van der Waals surface area contributed by atoms with Gasteiger partial charge in [0, 0.05) is 22.9 Å². The summed E-state index contributed by atoms with van der Waals surface area (Å²) < 4.78 is 6.22. The van der Waals surface area contributed by atoms with Gasteiger partial charge in [-0.05, 0) is 57.6 Å². The van der Waals surface area contributed by atoms with E-state index in [1.54, 1.807) is 0 Å². The van der Waals surface area contributed by atoms with Gasteiger partial charge in [-0.15, -0.1) is 0 Å². The maximum absolute atomic E-state index is 11.8. The van der Waals surface area contributed by atoms with Crippen LogP contribution in [0.3, 0.4) is 0 Å². The first-order valence-corrected chi connectivity index (χ1v) is 8.60. The van der Waals surface area contributed by atoms with Crippen LogP contribution in [0.5, 0.6) is 5.75 Å². The minimum Gasteiger partial charge on any atom is -0.490 e. The van der Waals surface area contributed by atoms with Crippen LogP contribution in [0, 0.1) is 12.8 Å². The number of hydrogen-bond acceptors (Lipinski definition) is 3. The van der Waals surface area contributed by atoms with Crippen LogP contribution in [-0.2, 0) is 4.79 Å². The van der Waals surface area contributed by atoms with E-state index in [-0.39, 0.29) is 12.0 Å². The van der Waals surface area contributed by atoms with Crippen molar-refractivity contribution < 1.29 is 9.53 Å². The second kappa shape index (κ2) is 5.87. The molecular formula is C18H23N3O2. The zero-order valence-electron chi connectivity index (χ0n) is 13.5. The average molecular weight is 313 g/mol. The number of amides is 1. The lowest BCUT2D eigenvalue weighted by Gasteiger charge is -2.30. The Bertz CT molecular complexity index is 712. The van der Waals surface area contributed by atoms with E-state index in [2.05, 4.69) is 22.4 Å². The van der Waals surface area contributed by atoms with Gasteiger partial charge < -0.3 is 10.1 Å². The maximum atomic E-state index is 11.8. The number of fused-ring (bicyclic) bond motifs is 1. The Kier molecular flexibility index (Phi) is 3.71. The number of carbonyl (C=O) groups excluding carboxylic acids is 1. The molecule has 1 amide bonds. The second-order valence-electron chi connectivity index (χ2n) is 6.89. The van der Waals surface area contributed by atoms with Crippen molar-refractivity contribution in [1.82, 2.24) is 15.5 Å². The summed E-state index contributed by atoms with van der Waals surface area (Å²) in [4.78, 5) is 11.8. The third-order valence-electron chi connectivity index (χ3n) is 5.11. The number of nitrogens with zero attached hydrogens (tertiary/aromatic N) is 1. The summed E-state index contributed by atoms with van der Waals surface area (Å²) in [5.41, 5.74) is 2.18. The summed E-state index contributed by atoms with van der Waals surface area (Å²) in [7, 11) is 0. The molecule has 122 valence electrons. The molecule has 0 spiro atoms. The van der Waals surface area contributed by atoms with Crippen molar-refractivity contribution in [2.24, 2.45) is 5.92 Å². The normalized spacial score (nSPS) is 24.6. The Morgan fingerprint density at radius 1 is 1.22 bits per heavy atom. The third kappa shape index (κ3) is 3.05. The monoisotopic (exact) mass is 313 g/mol. The molecule has 1 aromatic carbocycles. The first kappa shape index (κ1) is 14.5. The topological polar surface area (TPSA) is 67.0 Å². The standard InChI is InChI=1S/C18H23N3O2/c1-11-15-10-19-21-16(15)8-9-17(11)23-14-6-4-13(5-7-14)20-18(22)12-2-3-12/h8-10,12-14H,2-7H2,1H3,(H,19,21)(H,20,22)/t13-,14-. The first-order valence-electron chi connectivity index (χ1n) is 8.60. The highest BCUT2D eigenvalue weighted by Crippen LogP contribution is 2.31. The molecule has 5 heteroatoms. The molecule has 4 rings (SSSR count). The Balaban J connectivity index is 1.34. The molecule has 0 aliphatic heterocycles. The molecule has 0 bridgehead atoms. The number of rotatable bonds is 4.